The number of ether oxygens (including phenoxy) is 1. The Kier molecular flexibility index (Phi) is 10.5. The lowest BCUT2D eigenvalue weighted by atomic mass is 10.1. The molecule has 0 bridgehead atoms. The van der Waals surface area contributed by atoms with Gasteiger partial charge in [0.2, 0.25) is 0 Å². The van der Waals surface area contributed by atoms with Gasteiger partial charge in [0.05, 0.1) is 18.5 Å². The number of likely N-dealkylation sites (N-methyl/N-ethyl adjacent to an activating group) is 1. The van der Waals surface area contributed by atoms with Gasteiger partial charge in [-0.05, 0) is 25.5 Å². The number of likely N-dealkylation sites (tertiary alicyclic amines) is 1. The second-order valence-electron chi connectivity index (χ2n) is 7.23. The summed E-state index contributed by atoms with van der Waals surface area (Å²) in [5, 5.41) is 17.4. The summed E-state index contributed by atoms with van der Waals surface area (Å²) >= 11 is 1.36. The maximum atomic E-state index is 12.3. The first-order chi connectivity index (χ1) is 16.8. The molecule has 0 radical (unpaired) electrons. The van der Waals surface area contributed by atoms with Crippen LogP contribution in [0.25, 0.3) is 10.6 Å². The Labute approximate surface area is 209 Å². The molecule has 1 amide bonds. The number of hydrogen-bond donors (Lipinski definition) is 2. The van der Waals surface area contributed by atoms with E-state index in [1.165, 1.54) is 16.2 Å². The summed E-state index contributed by atoms with van der Waals surface area (Å²) in [5.74, 6) is 1.99. The SMILES string of the molecule is C#Cc1cccc(-c2nc(C(=O)OCC)c(Nc3cnn(C)c3)s2)c1.CC.CN1CCC(O)C1=O. The van der Waals surface area contributed by atoms with E-state index >= 15 is 0 Å². The summed E-state index contributed by atoms with van der Waals surface area (Å²) in [6, 6.07) is 7.48. The van der Waals surface area contributed by atoms with Crippen LogP contribution in [0, 0.1) is 12.3 Å². The molecule has 0 aliphatic carbocycles. The van der Waals surface area contributed by atoms with Crippen molar-refractivity contribution in [2.45, 2.75) is 33.3 Å². The van der Waals surface area contributed by atoms with E-state index in [2.05, 4.69) is 21.3 Å². The van der Waals surface area contributed by atoms with Gasteiger partial charge in [-0.15, -0.1) is 6.42 Å². The number of terminal acetylenes is 1. The number of nitrogens with zero attached hydrogens (tertiary/aromatic N) is 4. The molecule has 186 valence electrons. The first-order valence-electron chi connectivity index (χ1n) is 11.3. The lowest BCUT2D eigenvalue weighted by Crippen LogP contribution is -2.24. The van der Waals surface area contributed by atoms with Crippen molar-refractivity contribution in [2.75, 3.05) is 25.5 Å². The molecule has 1 aromatic carbocycles. The molecule has 10 heteroatoms. The molecule has 3 aromatic rings. The van der Waals surface area contributed by atoms with E-state index in [4.69, 9.17) is 16.3 Å². The number of carbonyl (C=O) groups is 2. The van der Waals surface area contributed by atoms with Crippen LogP contribution < -0.4 is 5.32 Å². The van der Waals surface area contributed by atoms with Crippen molar-refractivity contribution in [3.63, 3.8) is 0 Å². The normalized spacial score (nSPS) is 14.3. The van der Waals surface area contributed by atoms with Crippen LogP contribution in [0.15, 0.2) is 36.7 Å². The number of nitrogens with one attached hydrogen (secondary N) is 1. The number of aryl methyl sites for hydroxylation is 1. The molecule has 1 aliphatic rings. The minimum Gasteiger partial charge on any atom is -0.461 e. The minimum atomic E-state index is -0.722. The Morgan fingerprint density at radius 1 is 1.37 bits per heavy atom. The number of carbonyl (C=O) groups excluding carboxylic acids is 2. The zero-order chi connectivity index (χ0) is 26.0. The van der Waals surface area contributed by atoms with Crippen LogP contribution in [-0.2, 0) is 16.6 Å². The summed E-state index contributed by atoms with van der Waals surface area (Å²) in [4.78, 5) is 28.8. The molecule has 1 atom stereocenters. The second-order valence-corrected chi connectivity index (χ2v) is 8.23. The third kappa shape index (κ3) is 7.40. The van der Waals surface area contributed by atoms with E-state index in [1.807, 2.05) is 51.4 Å². The highest BCUT2D eigenvalue weighted by molar-refractivity contribution is 7.19. The smallest absolute Gasteiger partial charge is 0.360 e. The number of thiazole rings is 1. The van der Waals surface area contributed by atoms with Crippen molar-refractivity contribution in [2.24, 2.45) is 7.05 Å². The minimum absolute atomic E-state index is 0.148. The van der Waals surface area contributed by atoms with Crippen LogP contribution in [0.2, 0.25) is 0 Å². The Bertz CT molecular complexity index is 1170. The van der Waals surface area contributed by atoms with Crippen LogP contribution in [0.1, 0.15) is 43.2 Å². The predicted octanol–water partition coefficient (Wildman–Crippen LogP) is 3.68. The lowest BCUT2D eigenvalue weighted by molar-refractivity contribution is -0.133. The van der Waals surface area contributed by atoms with Crippen LogP contribution in [0.5, 0.6) is 0 Å². The van der Waals surface area contributed by atoms with Crippen molar-refractivity contribution in [3.05, 3.63) is 47.9 Å². The monoisotopic (exact) mass is 497 g/mol. The van der Waals surface area contributed by atoms with Crippen LogP contribution in [-0.4, -0.2) is 63.0 Å². The number of hydrogen-bond acceptors (Lipinski definition) is 8. The van der Waals surface area contributed by atoms with Gasteiger partial charge in [-0.1, -0.05) is 43.2 Å². The molecule has 9 nitrogen and oxygen atoms in total. The average molecular weight is 498 g/mol. The fourth-order valence-electron chi connectivity index (χ4n) is 3.03. The summed E-state index contributed by atoms with van der Waals surface area (Å²) in [6.07, 6.45) is 8.82. The predicted molar refractivity (Wildman–Crippen MR) is 138 cm³/mol. The van der Waals surface area contributed by atoms with Crippen LogP contribution >= 0.6 is 11.3 Å². The Hall–Kier alpha value is -3.68. The van der Waals surface area contributed by atoms with E-state index < -0.39 is 12.1 Å². The maximum absolute atomic E-state index is 12.3. The molecule has 3 heterocycles. The molecule has 2 aromatic heterocycles. The second kappa shape index (κ2) is 13.3. The zero-order valence-electron chi connectivity index (χ0n) is 20.6. The van der Waals surface area contributed by atoms with Crippen molar-refractivity contribution in [3.8, 4) is 22.9 Å². The van der Waals surface area contributed by atoms with Crippen LogP contribution in [0.4, 0.5) is 10.7 Å². The van der Waals surface area contributed by atoms with Crippen molar-refractivity contribution < 1.29 is 19.4 Å². The highest BCUT2D eigenvalue weighted by atomic mass is 32.1. The van der Waals surface area contributed by atoms with Gasteiger partial charge >= 0.3 is 5.97 Å². The molecule has 4 rings (SSSR count). The van der Waals surface area contributed by atoms with E-state index in [0.717, 1.165) is 16.8 Å². The molecule has 1 fully saturated rings. The summed E-state index contributed by atoms with van der Waals surface area (Å²) in [7, 11) is 3.51. The van der Waals surface area contributed by atoms with E-state index in [1.54, 1.807) is 24.9 Å². The lowest BCUT2D eigenvalue weighted by Gasteiger charge is -2.04. The van der Waals surface area contributed by atoms with E-state index in [-0.39, 0.29) is 18.2 Å². The van der Waals surface area contributed by atoms with Gasteiger partial charge < -0.3 is 20.1 Å². The molecule has 0 spiro atoms. The summed E-state index contributed by atoms with van der Waals surface area (Å²) in [6.45, 7) is 6.74. The molecular weight excluding hydrogens is 466 g/mol. The number of amides is 1. The summed E-state index contributed by atoms with van der Waals surface area (Å²) < 4.78 is 6.79. The highest BCUT2D eigenvalue weighted by Crippen LogP contribution is 2.34. The molecule has 1 aliphatic heterocycles. The maximum Gasteiger partial charge on any atom is 0.360 e. The standard InChI is InChI=1S/C18H16N4O2S.C5H9NO2.C2H6/c1-4-12-7-6-8-13(9-12)16-21-15(18(23)24-5-2)17(25-16)20-14-10-19-22(3)11-14;1-6-3-2-4(7)5(6)8;1-2/h1,6-11,20H,5H2,2-3H3;4,7H,2-3H2,1H3;1-2H3. The first-order valence-corrected chi connectivity index (χ1v) is 12.1. The largest absolute Gasteiger partial charge is 0.461 e. The van der Waals surface area contributed by atoms with Gasteiger partial charge in [0.15, 0.2) is 5.69 Å². The molecule has 0 saturated carbocycles. The molecule has 1 unspecified atom stereocenters. The number of rotatable bonds is 5. The van der Waals surface area contributed by atoms with Gasteiger partial charge in [0, 0.05) is 38.0 Å². The Morgan fingerprint density at radius 3 is 2.63 bits per heavy atom. The number of aromatic nitrogens is 3. The van der Waals surface area contributed by atoms with Crippen molar-refractivity contribution >= 4 is 33.9 Å². The average Bonchev–Trinajstić information content (AvgIpc) is 3.57. The highest BCUT2D eigenvalue weighted by Gasteiger charge is 2.26. The number of esters is 1. The number of anilines is 2. The van der Waals surface area contributed by atoms with Gasteiger partial charge in [-0.25, -0.2) is 9.78 Å². The van der Waals surface area contributed by atoms with Gasteiger partial charge in [0.25, 0.3) is 5.91 Å². The zero-order valence-corrected chi connectivity index (χ0v) is 21.4. The molecule has 35 heavy (non-hydrogen) atoms. The Balaban J connectivity index is 0.000000363. The van der Waals surface area contributed by atoms with Crippen molar-refractivity contribution in [1.29, 1.82) is 0 Å². The molecule has 1 saturated heterocycles. The van der Waals surface area contributed by atoms with Gasteiger partial charge in [-0.3, -0.25) is 9.48 Å². The third-order valence-corrected chi connectivity index (χ3v) is 5.75. The van der Waals surface area contributed by atoms with E-state index in [0.29, 0.717) is 23.0 Å². The number of benzene rings is 1. The first kappa shape index (κ1) is 27.6. The fourth-order valence-corrected chi connectivity index (χ4v) is 4.00. The van der Waals surface area contributed by atoms with Gasteiger partial charge in [0.1, 0.15) is 16.1 Å². The fraction of sp³-hybridized carbons (Fsp3) is 0.360. The summed E-state index contributed by atoms with van der Waals surface area (Å²) in [5.41, 5.74) is 2.62. The topological polar surface area (TPSA) is 110 Å². The Morgan fingerprint density at radius 2 is 2.11 bits per heavy atom. The van der Waals surface area contributed by atoms with Crippen molar-refractivity contribution in [1.82, 2.24) is 19.7 Å². The third-order valence-electron chi connectivity index (χ3n) is 4.73. The van der Waals surface area contributed by atoms with Crippen LogP contribution in [0.3, 0.4) is 0 Å². The quantitative estimate of drug-likeness (QED) is 0.409. The molecular formula is C25H31N5O4S. The van der Waals surface area contributed by atoms with Gasteiger partial charge in [-0.2, -0.15) is 5.10 Å². The molecule has 2 N–H and O–H groups in total. The van der Waals surface area contributed by atoms with E-state index in [9.17, 15) is 9.59 Å². The number of aliphatic hydroxyl groups excluding tert-OH is 1. The number of aliphatic hydroxyl groups is 1.